The molecular weight excluding hydrogens is 458 g/mol. The number of rotatable bonds is 4. The fraction of sp³-hybridized carbons (Fsp3) is 0.240. The fourth-order valence-electron chi connectivity index (χ4n) is 4.36. The number of thiophene rings is 1. The van der Waals surface area contributed by atoms with Gasteiger partial charge in [0.25, 0.3) is 6.47 Å². The molecular formula is C25H24ClN3O3S. The number of carboxylic acid groups (broad SMARTS) is 1. The Hall–Kier alpha value is -3.16. The summed E-state index contributed by atoms with van der Waals surface area (Å²) in [5, 5.41) is 10.2. The zero-order valence-electron chi connectivity index (χ0n) is 18.2. The molecule has 0 spiro atoms. The third kappa shape index (κ3) is 5.10. The zero-order chi connectivity index (χ0) is 23.4. The minimum absolute atomic E-state index is 0.176. The van der Waals surface area contributed by atoms with Gasteiger partial charge in [-0.2, -0.15) is 0 Å². The summed E-state index contributed by atoms with van der Waals surface area (Å²) in [5.74, 6) is 0.176. The van der Waals surface area contributed by atoms with Crippen LogP contribution in [0, 0.1) is 6.92 Å². The second kappa shape index (κ2) is 10.2. The Labute approximate surface area is 201 Å². The lowest BCUT2D eigenvalue weighted by Crippen LogP contribution is -2.37. The van der Waals surface area contributed by atoms with Gasteiger partial charge in [-0.15, -0.1) is 11.3 Å². The van der Waals surface area contributed by atoms with Crippen LogP contribution in [0.25, 0.3) is 11.0 Å². The molecule has 0 aliphatic carbocycles. The van der Waals surface area contributed by atoms with Gasteiger partial charge in [-0.25, -0.2) is 4.98 Å². The van der Waals surface area contributed by atoms with E-state index in [0.717, 1.165) is 28.5 Å². The molecule has 1 aromatic carbocycles. The van der Waals surface area contributed by atoms with Gasteiger partial charge < -0.3 is 14.6 Å². The van der Waals surface area contributed by atoms with Crippen LogP contribution in [0.1, 0.15) is 27.9 Å². The van der Waals surface area contributed by atoms with Crippen LogP contribution in [0.2, 0.25) is 4.34 Å². The summed E-state index contributed by atoms with van der Waals surface area (Å²) in [6.45, 7) is 3.89. The molecule has 0 fully saturated rings. The van der Waals surface area contributed by atoms with Crippen LogP contribution in [0.15, 0.2) is 54.0 Å². The smallest absolute Gasteiger partial charge is 0.290 e. The van der Waals surface area contributed by atoms with E-state index in [0.29, 0.717) is 19.5 Å². The quantitative estimate of drug-likeness (QED) is 0.419. The summed E-state index contributed by atoms with van der Waals surface area (Å²) in [6.07, 6.45) is 3.13. The molecule has 1 amide bonds. The Balaban J connectivity index is 0.000000821. The van der Waals surface area contributed by atoms with Crippen molar-refractivity contribution < 1.29 is 14.7 Å². The van der Waals surface area contributed by atoms with E-state index in [4.69, 9.17) is 21.5 Å². The number of nitrogens with zero attached hydrogens (tertiary/aromatic N) is 3. The molecule has 1 N–H and O–H groups in total. The van der Waals surface area contributed by atoms with Gasteiger partial charge in [0.2, 0.25) is 5.91 Å². The summed E-state index contributed by atoms with van der Waals surface area (Å²) >= 11 is 7.70. The highest BCUT2D eigenvalue weighted by atomic mass is 35.5. The average Bonchev–Trinajstić information content (AvgIpc) is 3.35. The highest BCUT2D eigenvalue weighted by molar-refractivity contribution is 7.14. The second-order valence-corrected chi connectivity index (χ2v) is 9.52. The standard InChI is InChI=1S/C24H22ClN3OS.CH2O2/c1-16-4-2-5-17(10-16)12-23(29)27-9-7-19-20-6-3-8-26-24(20)28(21(19)14-27)13-18-11-22(25)30-15-18;2-1-3/h2-6,8,10-11,15H,7,9,12-14H2,1H3;1H,(H,2,3). The minimum atomic E-state index is -0.250. The first-order chi connectivity index (χ1) is 16.0. The molecule has 1 aliphatic heterocycles. The van der Waals surface area contributed by atoms with E-state index >= 15 is 0 Å². The van der Waals surface area contributed by atoms with Crippen molar-refractivity contribution in [2.24, 2.45) is 0 Å². The van der Waals surface area contributed by atoms with E-state index in [1.54, 1.807) is 11.3 Å². The Bertz CT molecular complexity index is 1300. The summed E-state index contributed by atoms with van der Waals surface area (Å²) in [6, 6.07) is 14.3. The molecule has 3 aromatic heterocycles. The number of halogens is 1. The van der Waals surface area contributed by atoms with Crippen molar-refractivity contribution in [3.05, 3.63) is 86.3 Å². The number of aromatic nitrogens is 2. The SMILES string of the molecule is Cc1cccc(CC(=O)N2CCc3c(n(Cc4csc(Cl)c4)c4ncccc34)C2)c1.O=CO. The van der Waals surface area contributed by atoms with E-state index in [9.17, 15) is 4.79 Å². The molecule has 0 saturated heterocycles. The lowest BCUT2D eigenvalue weighted by molar-refractivity contribution is -0.131. The Morgan fingerprint density at radius 1 is 1.24 bits per heavy atom. The van der Waals surface area contributed by atoms with Crippen molar-refractivity contribution in [1.29, 1.82) is 0 Å². The first kappa shape index (κ1) is 23.0. The number of carbonyl (C=O) groups excluding carboxylic acids is 1. The molecule has 0 atom stereocenters. The average molecular weight is 482 g/mol. The molecule has 8 heteroatoms. The first-order valence-electron chi connectivity index (χ1n) is 10.6. The molecule has 0 radical (unpaired) electrons. The molecule has 6 nitrogen and oxygen atoms in total. The number of fused-ring (bicyclic) bond motifs is 3. The molecule has 33 heavy (non-hydrogen) atoms. The number of carbonyl (C=O) groups is 2. The Morgan fingerprint density at radius 3 is 2.79 bits per heavy atom. The van der Waals surface area contributed by atoms with Crippen LogP contribution in [0.3, 0.4) is 0 Å². The summed E-state index contributed by atoms with van der Waals surface area (Å²) < 4.78 is 3.05. The minimum Gasteiger partial charge on any atom is -0.483 e. The summed E-state index contributed by atoms with van der Waals surface area (Å²) in [4.78, 5) is 28.1. The molecule has 4 aromatic rings. The second-order valence-electron chi connectivity index (χ2n) is 7.98. The molecule has 0 bridgehead atoms. The van der Waals surface area contributed by atoms with Gasteiger partial charge >= 0.3 is 0 Å². The van der Waals surface area contributed by atoms with E-state index < -0.39 is 0 Å². The lowest BCUT2D eigenvalue weighted by Gasteiger charge is -2.28. The van der Waals surface area contributed by atoms with Crippen molar-refractivity contribution in [2.45, 2.75) is 32.9 Å². The normalized spacial score (nSPS) is 12.7. The predicted molar refractivity (Wildman–Crippen MR) is 131 cm³/mol. The largest absolute Gasteiger partial charge is 0.483 e. The third-order valence-electron chi connectivity index (χ3n) is 5.77. The van der Waals surface area contributed by atoms with Gasteiger partial charge in [-0.1, -0.05) is 41.4 Å². The predicted octanol–water partition coefficient (Wildman–Crippen LogP) is 4.94. The van der Waals surface area contributed by atoms with E-state index in [-0.39, 0.29) is 12.4 Å². The van der Waals surface area contributed by atoms with E-state index in [1.807, 2.05) is 35.4 Å². The van der Waals surface area contributed by atoms with Gasteiger partial charge in [0.05, 0.1) is 23.8 Å². The topological polar surface area (TPSA) is 75.4 Å². The van der Waals surface area contributed by atoms with Crippen LogP contribution in [0.5, 0.6) is 0 Å². The van der Waals surface area contributed by atoms with Crippen LogP contribution in [-0.4, -0.2) is 38.5 Å². The zero-order valence-corrected chi connectivity index (χ0v) is 19.8. The molecule has 5 rings (SSSR count). The molecule has 170 valence electrons. The van der Waals surface area contributed by atoms with Gasteiger partial charge in [0.1, 0.15) is 5.65 Å². The van der Waals surface area contributed by atoms with E-state index in [2.05, 4.69) is 40.1 Å². The number of amides is 1. The Morgan fingerprint density at radius 2 is 2.06 bits per heavy atom. The maximum atomic E-state index is 13.1. The maximum absolute atomic E-state index is 13.1. The van der Waals surface area contributed by atoms with Crippen LogP contribution in [0.4, 0.5) is 0 Å². The number of benzene rings is 1. The number of hydrogen-bond donors (Lipinski definition) is 1. The maximum Gasteiger partial charge on any atom is 0.290 e. The lowest BCUT2D eigenvalue weighted by atomic mass is 10.0. The van der Waals surface area contributed by atoms with Gasteiger partial charge in [-0.05, 0) is 53.6 Å². The fourth-order valence-corrected chi connectivity index (χ4v) is 5.26. The molecule has 1 aliphatic rings. The van der Waals surface area contributed by atoms with Crippen LogP contribution >= 0.6 is 22.9 Å². The van der Waals surface area contributed by atoms with Crippen LogP contribution < -0.4 is 0 Å². The third-order valence-corrected chi connectivity index (χ3v) is 6.91. The number of pyridine rings is 1. The monoisotopic (exact) mass is 481 g/mol. The van der Waals surface area contributed by atoms with Gasteiger partial charge in [-0.3, -0.25) is 9.59 Å². The van der Waals surface area contributed by atoms with Crippen molar-refractivity contribution in [2.75, 3.05) is 6.54 Å². The van der Waals surface area contributed by atoms with Crippen molar-refractivity contribution in [3.63, 3.8) is 0 Å². The van der Waals surface area contributed by atoms with Crippen LogP contribution in [-0.2, 0) is 35.5 Å². The number of hydrogen-bond acceptors (Lipinski definition) is 4. The molecule has 0 unspecified atom stereocenters. The molecule has 0 saturated carbocycles. The van der Waals surface area contributed by atoms with Gasteiger partial charge in [0.15, 0.2) is 0 Å². The highest BCUT2D eigenvalue weighted by Crippen LogP contribution is 2.31. The number of aryl methyl sites for hydroxylation is 1. The van der Waals surface area contributed by atoms with Crippen molar-refractivity contribution in [1.82, 2.24) is 14.5 Å². The highest BCUT2D eigenvalue weighted by Gasteiger charge is 2.27. The summed E-state index contributed by atoms with van der Waals surface area (Å²) in [7, 11) is 0. The first-order valence-corrected chi connectivity index (χ1v) is 11.8. The van der Waals surface area contributed by atoms with Gasteiger partial charge in [0, 0.05) is 23.8 Å². The van der Waals surface area contributed by atoms with E-state index in [1.165, 1.54) is 27.8 Å². The van der Waals surface area contributed by atoms with Crippen molar-refractivity contribution in [3.8, 4) is 0 Å². The summed E-state index contributed by atoms with van der Waals surface area (Å²) in [5.41, 5.74) is 6.91. The Kier molecular flexibility index (Phi) is 7.11. The molecule has 4 heterocycles. The van der Waals surface area contributed by atoms with Crippen molar-refractivity contribution >= 4 is 46.4 Å².